The number of Topliss-reactive ketones (excluding diaryl/α,β-unsaturated/α-hetero) is 1. The third-order valence-electron chi connectivity index (χ3n) is 2.15. The van der Waals surface area contributed by atoms with Gasteiger partial charge in [0.25, 0.3) is 0 Å². The first kappa shape index (κ1) is 18.1. The molecule has 3 N–H and O–H groups in total. The van der Waals surface area contributed by atoms with Gasteiger partial charge < -0.3 is 15.6 Å². The predicted molar refractivity (Wildman–Crippen MR) is 77.3 cm³/mol. The van der Waals surface area contributed by atoms with E-state index in [0.717, 1.165) is 5.56 Å². The molecule has 0 aliphatic heterocycles. The molecular weight excluding hydrogens is 258 g/mol. The van der Waals surface area contributed by atoms with Gasteiger partial charge in [-0.25, -0.2) is 4.79 Å². The molecule has 1 amide bonds. The van der Waals surface area contributed by atoms with Gasteiger partial charge in [0.15, 0.2) is 5.78 Å². The second kappa shape index (κ2) is 8.32. The Morgan fingerprint density at radius 3 is 2.05 bits per heavy atom. The molecule has 1 aromatic carbocycles. The molecule has 5 nitrogen and oxygen atoms in total. The van der Waals surface area contributed by atoms with Crippen molar-refractivity contribution in [2.45, 2.75) is 45.8 Å². The van der Waals surface area contributed by atoms with Crippen molar-refractivity contribution >= 4 is 11.9 Å². The van der Waals surface area contributed by atoms with E-state index in [1.165, 1.54) is 6.92 Å². The van der Waals surface area contributed by atoms with Gasteiger partial charge in [-0.15, -0.1) is 0 Å². The van der Waals surface area contributed by atoms with Crippen molar-refractivity contribution in [3.63, 3.8) is 0 Å². The monoisotopic (exact) mass is 281 g/mol. The summed E-state index contributed by atoms with van der Waals surface area (Å²) >= 11 is 0. The topological polar surface area (TPSA) is 89.6 Å². The van der Waals surface area contributed by atoms with Crippen LogP contribution in [0.4, 0.5) is 4.79 Å². The van der Waals surface area contributed by atoms with Gasteiger partial charge in [-0.1, -0.05) is 30.3 Å². The molecule has 5 heteroatoms. The van der Waals surface area contributed by atoms with Crippen LogP contribution in [0.15, 0.2) is 30.3 Å². The first-order valence-electron chi connectivity index (χ1n) is 6.32. The van der Waals surface area contributed by atoms with E-state index in [9.17, 15) is 14.7 Å². The van der Waals surface area contributed by atoms with Crippen molar-refractivity contribution in [3.8, 4) is 0 Å². The number of amides is 1. The second-order valence-corrected chi connectivity index (χ2v) is 5.35. The number of carbonyl (C=O) groups is 2. The molecule has 0 aliphatic rings. The quantitative estimate of drug-likeness (QED) is 0.887. The molecule has 0 heterocycles. The van der Waals surface area contributed by atoms with Crippen molar-refractivity contribution in [2.75, 3.05) is 0 Å². The van der Waals surface area contributed by atoms with E-state index in [-0.39, 0.29) is 5.78 Å². The zero-order valence-corrected chi connectivity index (χ0v) is 12.4. The van der Waals surface area contributed by atoms with Crippen molar-refractivity contribution in [2.24, 2.45) is 5.73 Å². The number of nitrogens with two attached hydrogens (primary N) is 1. The third-order valence-corrected chi connectivity index (χ3v) is 2.15. The van der Waals surface area contributed by atoms with Crippen molar-refractivity contribution < 1.29 is 19.4 Å². The minimum Gasteiger partial charge on any atom is -0.444 e. The highest BCUT2D eigenvalue weighted by molar-refractivity contribution is 5.80. The Balaban J connectivity index is 0.000000396. The molecule has 0 radical (unpaired) electrons. The van der Waals surface area contributed by atoms with E-state index in [2.05, 4.69) is 4.74 Å². The van der Waals surface area contributed by atoms with Crippen LogP contribution in [0.25, 0.3) is 0 Å². The highest BCUT2D eigenvalue weighted by Crippen LogP contribution is 2.05. The maximum atomic E-state index is 10.7. The van der Waals surface area contributed by atoms with Crippen LogP contribution in [0.2, 0.25) is 0 Å². The largest absolute Gasteiger partial charge is 0.444 e. The van der Waals surface area contributed by atoms with E-state index < -0.39 is 17.8 Å². The Labute approximate surface area is 119 Å². The highest BCUT2D eigenvalue weighted by atomic mass is 16.6. The minimum absolute atomic E-state index is 0.182. The molecule has 1 rings (SSSR count). The van der Waals surface area contributed by atoms with Gasteiger partial charge in [0.05, 0.1) is 0 Å². The number of primary amides is 1. The SMILES string of the molecule is CC(=O)[C@H](O)Cc1ccccc1.CC(C)(C)OC(N)=O. The van der Waals surface area contributed by atoms with Gasteiger partial charge in [0.2, 0.25) is 0 Å². The maximum absolute atomic E-state index is 10.7. The molecule has 1 aromatic rings. The molecular formula is C15H23NO4. The van der Waals surface area contributed by atoms with Gasteiger partial charge in [0.1, 0.15) is 11.7 Å². The lowest BCUT2D eigenvalue weighted by Crippen LogP contribution is -2.27. The molecule has 0 aromatic heterocycles. The summed E-state index contributed by atoms with van der Waals surface area (Å²) in [4.78, 5) is 20.7. The minimum atomic E-state index is -0.854. The first-order chi connectivity index (χ1) is 9.11. The fourth-order valence-corrected chi connectivity index (χ4v) is 1.28. The lowest BCUT2D eigenvalue weighted by atomic mass is 10.1. The molecule has 0 fully saturated rings. The molecule has 0 saturated carbocycles. The van der Waals surface area contributed by atoms with E-state index in [1.54, 1.807) is 20.8 Å². The Morgan fingerprint density at radius 2 is 1.75 bits per heavy atom. The van der Waals surface area contributed by atoms with Crippen molar-refractivity contribution in [1.29, 1.82) is 0 Å². The summed E-state index contributed by atoms with van der Waals surface area (Å²) in [5.41, 5.74) is 5.25. The number of aliphatic hydroxyl groups is 1. The predicted octanol–water partition coefficient (Wildman–Crippen LogP) is 2.06. The van der Waals surface area contributed by atoms with Gasteiger partial charge in [0, 0.05) is 6.42 Å². The standard InChI is InChI=1S/C10H12O2.C5H11NO2/c1-8(11)10(12)7-9-5-3-2-4-6-9;1-5(2,3)8-4(6)7/h2-6,10,12H,7H2,1H3;1-3H3,(H2,6,7)/t10-;/m1./s1. The van der Waals surface area contributed by atoms with Crippen LogP contribution in [0, 0.1) is 0 Å². The fourth-order valence-electron chi connectivity index (χ4n) is 1.28. The number of carbonyl (C=O) groups excluding carboxylic acids is 2. The smallest absolute Gasteiger partial charge is 0.405 e. The average Bonchev–Trinajstić information content (AvgIpc) is 2.27. The average molecular weight is 281 g/mol. The fraction of sp³-hybridized carbons (Fsp3) is 0.467. The molecule has 1 atom stereocenters. The Bertz CT molecular complexity index is 423. The van der Waals surface area contributed by atoms with Crippen LogP contribution in [0.3, 0.4) is 0 Å². The zero-order valence-electron chi connectivity index (χ0n) is 12.4. The van der Waals surface area contributed by atoms with Gasteiger partial charge in [-0.05, 0) is 33.3 Å². The molecule has 20 heavy (non-hydrogen) atoms. The summed E-state index contributed by atoms with van der Waals surface area (Å²) in [5, 5.41) is 9.23. The van der Waals surface area contributed by atoms with Crippen LogP contribution in [-0.4, -0.2) is 28.7 Å². The summed E-state index contributed by atoms with van der Waals surface area (Å²) in [6.45, 7) is 6.68. The van der Waals surface area contributed by atoms with Crippen LogP contribution >= 0.6 is 0 Å². The molecule has 0 spiro atoms. The van der Waals surface area contributed by atoms with Crippen LogP contribution in [-0.2, 0) is 16.0 Å². The number of aliphatic hydroxyl groups excluding tert-OH is 1. The molecule has 112 valence electrons. The zero-order chi connectivity index (χ0) is 15.8. The number of ketones is 1. The van der Waals surface area contributed by atoms with E-state index in [4.69, 9.17) is 5.73 Å². The lowest BCUT2D eigenvalue weighted by Gasteiger charge is -2.16. The van der Waals surface area contributed by atoms with E-state index >= 15 is 0 Å². The van der Waals surface area contributed by atoms with Crippen LogP contribution < -0.4 is 5.73 Å². The van der Waals surface area contributed by atoms with E-state index in [1.807, 2.05) is 30.3 Å². The second-order valence-electron chi connectivity index (χ2n) is 5.35. The number of benzene rings is 1. The van der Waals surface area contributed by atoms with Gasteiger partial charge in [-0.2, -0.15) is 0 Å². The molecule has 0 saturated heterocycles. The normalized spacial score (nSPS) is 11.8. The highest BCUT2D eigenvalue weighted by Gasteiger charge is 2.12. The molecule has 0 bridgehead atoms. The van der Waals surface area contributed by atoms with Crippen LogP contribution in [0.1, 0.15) is 33.3 Å². The Morgan fingerprint density at radius 1 is 1.25 bits per heavy atom. The number of hydrogen-bond donors (Lipinski definition) is 2. The van der Waals surface area contributed by atoms with Crippen molar-refractivity contribution in [1.82, 2.24) is 0 Å². The van der Waals surface area contributed by atoms with Gasteiger partial charge >= 0.3 is 6.09 Å². The summed E-state index contributed by atoms with van der Waals surface area (Å²) in [5.74, 6) is -0.182. The van der Waals surface area contributed by atoms with Crippen molar-refractivity contribution in [3.05, 3.63) is 35.9 Å². The lowest BCUT2D eigenvalue weighted by molar-refractivity contribution is -0.124. The summed E-state index contributed by atoms with van der Waals surface area (Å²) in [6, 6.07) is 9.48. The van der Waals surface area contributed by atoms with Gasteiger partial charge in [-0.3, -0.25) is 4.79 Å². The summed E-state index contributed by atoms with van der Waals surface area (Å²) in [6.07, 6.45) is -1.17. The number of hydrogen-bond acceptors (Lipinski definition) is 4. The van der Waals surface area contributed by atoms with E-state index in [0.29, 0.717) is 6.42 Å². The van der Waals surface area contributed by atoms with Crippen LogP contribution in [0.5, 0.6) is 0 Å². The Hall–Kier alpha value is -1.88. The number of ether oxygens (including phenoxy) is 1. The molecule has 0 unspecified atom stereocenters. The maximum Gasteiger partial charge on any atom is 0.405 e. The molecule has 0 aliphatic carbocycles. The Kier molecular flexibility index (Phi) is 7.54. The first-order valence-corrected chi connectivity index (χ1v) is 6.32. The summed E-state index contributed by atoms with van der Waals surface area (Å²) in [7, 11) is 0. The number of rotatable bonds is 3. The third kappa shape index (κ3) is 10.1. The summed E-state index contributed by atoms with van der Waals surface area (Å²) < 4.78 is 4.58.